The number of benzene rings is 1. The average Bonchev–Trinajstić information content (AvgIpc) is 2.82. The molecule has 1 saturated heterocycles. The molecule has 2 aromatic rings. The molecule has 0 spiro atoms. The van der Waals surface area contributed by atoms with E-state index in [9.17, 15) is 0 Å². The van der Waals surface area contributed by atoms with E-state index in [0.717, 1.165) is 37.0 Å². The molecule has 5 heteroatoms. The molecule has 1 aliphatic heterocycles. The van der Waals surface area contributed by atoms with Crippen molar-refractivity contribution in [2.75, 3.05) is 24.5 Å². The summed E-state index contributed by atoms with van der Waals surface area (Å²) in [5.41, 5.74) is 1.10. The van der Waals surface area contributed by atoms with Gasteiger partial charge in [0.25, 0.3) is 0 Å². The van der Waals surface area contributed by atoms with Crippen molar-refractivity contribution in [1.82, 2.24) is 20.1 Å². The molecule has 0 radical (unpaired) electrons. The van der Waals surface area contributed by atoms with E-state index in [-0.39, 0.29) is 0 Å². The van der Waals surface area contributed by atoms with Crippen LogP contribution in [0.1, 0.15) is 6.92 Å². The topological polar surface area (TPSA) is 46.0 Å². The van der Waals surface area contributed by atoms with Crippen LogP contribution in [0.2, 0.25) is 0 Å². The minimum absolute atomic E-state index is 0.445. The van der Waals surface area contributed by atoms with Crippen LogP contribution in [-0.4, -0.2) is 40.4 Å². The summed E-state index contributed by atoms with van der Waals surface area (Å²) >= 11 is 0. The van der Waals surface area contributed by atoms with Crippen LogP contribution in [0.25, 0.3) is 11.4 Å². The fraction of sp³-hybridized carbons (Fsp3) is 0.429. The Labute approximate surface area is 113 Å². The number of aromatic nitrogens is 3. The number of hydrogen-bond donors (Lipinski definition) is 1. The Morgan fingerprint density at radius 3 is 2.74 bits per heavy atom. The Kier molecular flexibility index (Phi) is 3.21. The third-order valence-electron chi connectivity index (χ3n) is 3.64. The Morgan fingerprint density at radius 1 is 1.21 bits per heavy atom. The monoisotopic (exact) mass is 257 g/mol. The molecule has 1 unspecified atom stereocenters. The zero-order valence-electron chi connectivity index (χ0n) is 11.4. The SMILES string of the molecule is CC1CNCCN1c1nnc(-c2ccccc2)n1C. The lowest BCUT2D eigenvalue weighted by molar-refractivity contribution is 0.488. The van der Waals surface area contributed by atoms with Crippen molar-refractivity contribution in [2.24, 2.45) is 7.05 Å². The smallest absolute Gasteiger partial charge is 0.227 e. The lowest BCUT2D eigenvalue weighted by atomic mass is 10.2. The fourth-order valence-corrected chi connectivity index (χ4v) is 2.55. The highest BCUT2D eigenvalue weighted by Crippen LogP contribution is 2.22. The molecule has 0 amide bonds. The van der Waals surface area contributed by atoms with Crippen LogP contribution in [0, 0.1) is 0 Å². The second kappa shape index (κ2) is 5.01. The van der Waals surface area contributed by atoms with Gasteiger partial charge in [-0.1, -0.05) is 30.3 Å². The van der Waals surface area contributed by atoms with Gasteiger partial charge in [-0.15, -0.1) is 10.2 Å². The summed E-state index contributed by atoms with van der Waals surface area (Å²) in [4.78, 5) is 2.32. The number of piperazine rings is 1. The maximum atomic E-state index is 4.38. The summed E-state index contributed by atoms with van der Waals surface area (Å²) in [6.45, 7) is 5.18. The molecular formula is C14H19N5. The average molecular weight is 257 g/mol. The molecule has 5 nitrogen and oxygen atoms in total. The molecule has 3 rings (SSSR count). The minimum atomic E-state index is 0.445. The van der Waals surface area contributed by atoms with E-state index in [1.54, 1.807) is 0 Å². The third-order valence-corrected chi connectivity index (χ3v) is 3.64. The number of nitrogens with one attached hydrogen (secondary N) is 1. The Bertz CT molecular complexity index is 548. The molecule has 1 aromatic heterocycles. The van der Waals surface area contributed by atoms with Gasteiger partial charge >= 0.3 is 0 Å². The van der Waals surface area contributed by atoms with E-state index >= 15 is 0 Å². The van der Waals surface area contributed by atoms with E-state index in [1.807, 2.05) is 25.2 Å². The van der Waals surface area contributed by atoms with Gasteiger partial charge in [0, 0.05) is 38.3 Å². The molecule has 1 atom stereocenters. The summed E-state index contributed by atoms with van der Waals surface area (Å²) in [5, 5.41) is 12.1. The van der Waals surface area contributed by atoms with Gasteiger partial charge in [-0.2, -0.15) is 0 Å². The quantitative estimate of drug-likeness (QED) is 0.880. The van der Waals surface area contributed by atoms with Crippen LogP contribution in [0.4, 0.5) is 5.95 Å². The molecule has 100 valence electrons. The van der Waals surface area contributed by atoms with Crippen LogP contribution in [0.5, 0.6) is 0 Å². The highest BCUT2D eigenvalue weighted by Gasteiger charge is 2.23. The maximum Gasteiger partial charge on any atom is 0.227 e. The van der Waals surface area contributed by atoms with Gasteiger partial charge in [0.05, 0.1) is 0 Å². The van der Waals surface area contributed by atoms with E-state index in [4.69, 9.17) is 0 Å². The normalized spacial score (nSPS) is 19.7. The first-order valence-electron chi connectivity index (χ1n) is 6.69. The number of rotatable bonds is 2. The van der Waals surface area contributed by atoms with Crippen LogP contribution >= 0.6 is 0 Å². The summed E-state index contributed by atoms with van der Waals surface area (Å²) in [6.07, 6.45) is 0. The molecular weight excluding hydrogens is 238 g/mol. The molecule has 0 aliphatic carbocycles. The van der Waals surface area contributed by atoms with Gasteiger partial charge in [0.1, 0.15) is 0 Å². The van der Waals surface area contributed by atoms with Gasteiger partial charge < -0.3 is 10.2 Å². The van der Waals surface area contributed by atoms with Gasteiger partial charge in [-0.25, -0.2) is 0 Å². The second-order valence-electron chi connectivity index (χ2n) is 5.00. The maximum absolute atomic E-state index is 4.38. The first-order chi connectivity index (χ1) is 9.27. The molecule has 0 bridgehead atoms. The predicted molar refractivity (Wildman–Crippen MR) is 76.1 cm³/mol. The van der Waals surface area contributed by atoms with E-state index < -0.39 is 0 Å². The molecule has 1 aliphatic rings. The Hall–Kier alpha value is -1.88. The lowest BCUT2D eigenvalue weighted by Crippen LogP contribution is -2.50. The third kappa shape index (κ3) is 2.21. The molecule has 2 heterocycles. The molecule has 1 aromatic carbocycles. The zero-order chi connectivity index (χ0) is 13.2. The van der Waals surface area contributed by atoms with Gasteiger partial charge in [0.15, 0.2) is 5.82 Å². The van der Waals surface area contributed by atoms with Crippen LogP contribution in [-0.2, 0) is 7.05 Å². The highest BCUT2D eigenvalue weighted by atomic mass is 15.4. The van der Waals surface area contributed by atoms with Crippen molar-refractivity contribution in [3.63, 3.8) is 0 Å². The Morgan fingerprint density at radius 2 is 2.00 bits per heavy atom. The molecule has 19 heavy (non-hydrogen) atoms. The first-order valence-corrected chi connectivity index (χ1v) is 6.69. The van der Waals surface area contributed by atoms with Crippen molar-refractivity contribution in [3.05, 3.63) is 30.3 Å². The lowest BCUT2D eigenvalue weighted by Gasteiger charge is -2.34. The highest BCUT2D eigenvalue weighted by molar-refractivity contribution is 5.57. The van der Waals surface area contributed by atoms with E-state index in [1.165, 1.54) is 0 Å². The van der Waals surface area contributed by atoms with Crippen molar-refractivity contribution in [2.45, 2.75) is 13.0 Å². The number of anilines is 1. The summed E-state index contributed by atoms with van der Waals surface area (Å²) in [5.74, 6) is 1.87. The second-order valence-corrected chi connectivity index (χ2v) is 5.00. The fourth-order valence-electron chi connectivity index (χ4n) is 2.55. The van der Waals surface area contributed by atoms with Crippen LogP contribution in [0.3, 0.4) is 0 Å². The van der Waals surface area contributed by atoms with Crippen LogP contribution in [0.15, 0.2) is 30.3 Å². The molecule has 1 fully saturated rings. The van der Waals surface area contributed by atoms with Gasteiger partial charge in [-0.3, -0.25) is 4.57 Å². The van der Waals surface area contributed by atoms with Crippen molar-refractivity contribution >= 4 is 5.95 Å². The summed E-state index contributed by atoms with van der Waals surface area (Å²) in [6, 6.07) is 10.6. The zero-order valence-corrected chi connectivity index (χ0v) is 11.4. The molecule has 1 N–H and O–H groups in total. The first kappa shape index (κ1) is 12.2. The standard InChI is InChI=1S/C14H19N5/c1-11-10-15-8-9-19(11)14-17-16-13(18(14)2)12-6-4-3-5-7-12/h3-7,11,15H,8-10H2,1-2H3. The van der Waals surface area contributed by atoms with Crippen molar-refractivity contribution < 1.29 is 0 Å². The summed E-state index contributed by atoms with van der Waals surface area (Å²) < 4.78 is 2.08. The summed E-state index contributed by atoms with van der Waals surface area (Å²) in [7, 11) is 2.03. The van der Waals surface area contributed by atoms with E-state index in [2.05, 4.69) is 44.0 Å². The van der Waals surface area contributed by atoms with Gasteiger partial charge in [0.2, 0.25) is 5.95 Å². The largest absolute Gasteiger partial charge is 0.336 e. The van der Waals surface area contributed by atoms with Crippen LogP contribution < -0.4 is 10.2 Å². The Balaban J connectivity index is 1.95. The van der Waals surface area contributed by atoms with Gasteiger partial charge in [-0.05, 0) is 6.92 Å². The number of nitrogens with zero attached hydrogens (tertiary/aromatic N) is 4. The number of hydrogen-bond acceptors (Lipinski definition) is 4. The van der Waals surface area contributed by atoms with Crippen molar-refractivity contribution in [3.8, 4) is 11.4 Å². The van der Waals surface area contributed by atoms with E-state index in [0.29, 0.717) is 6.04 Å². The molecule has 0 saturated carbocycles. The van der Waals surface area contributed by atoms with Crippen molar-refractivity contribution in [1.29, 1.82) is 0 Å². The minimum Gasteiger partial charge on any atom is -0.336 e. The predicted octanol–water partition coefficient (Wildman–Crippen LogP) is 1.28.